The Morgan fingerprint density at radius 3 is 2.81 bits per heavy atom. The van der Waals surface area contributed by atoms with E-state index in [1.54, 1.807) is 11.3 Å². The average molecular weight is 304 g/mol. The Bertz CT molecular complexity index is 584. The summed E-state index contributed by atoms with van der Waals surface area (Å²) in [5.41, 5.74) is 2.39. The average Bonchev–Trinajstić information content (AvgIpc) is 2.85. The van der Waals surface area contributed by atoms with Crippen LogP contribution in [0.1, 0.15) is 22.2 Å². The minimum Gasteiger partial charge on any atom is -0.476 e. The third kappa shape index (κ3) is 5.35. The largest absolute Gasteiger partial charge is 0.476 e. The van der Waals surface area contributed by atoms with Crippen molar-refractivity contribution in [1.82, 2.24) is 5.32 Å². The van der Waals surface area contributed by atoms with Crippen molar-refractivity contribution in [1.29, 1.82) is 0 Å². The molecule has 1 heterocycles. The van der Waals surface area contributed by atoms with E-state index in [0.29, 0.717) is 6.61 Å². The van der Waals surface area contributed by atoms with Crippen molar-refractivity contribution in [3.63, 3.8) is 0 Å². The Kier molecular flexibility index (Phi) is 7.11. The standard InChI is InChI=1S/C15H20N4OS/c1-11(6-7-14(16-3)17-4)15-12(2)8-13(21-15)9-20-10-19-18-5/h6-8,10,17H,3,5,9H2,1-2,4H3/b11-6+,14-7+,19-10-. The van der Waals surface area contributed by atoms with Crippen molar-refractivity contribution in [3.05, 3.63) is 39.4 Å². The third-order valence-electron chi connectivity index (χ3n) is 2.67. The normalized spacial score (nSPS) is 12.5. The maximum atomic E-state index is 5.26. The second-order valence-electron chi connectivity index (χ2n) is 4.21. The van der Waals surface area contributed by atoms with Gasteiger partial charge in [0, 0.05) is 23.5 Å². The molecule has 112 valence electrons. The Balaban J connectivity index is 2.83. The van der Waals surface area contributed by atoms with E-state index in [1.165, 1.54) is 22.4 Å². The number of thiophene rings is 1. The first-order chi connectivity index (χ1) is 10.1. The van der Waals surface area contributed by atoms with Crippen LogP contribution in [-0.4, -0.2) is 26.9 Å². The lowest BCUT2D eigenvalue weighted by molar-refractivity contribution is 0.310. The highest BCUT2D eigenvalue weighted by molar-refractivity contribution is 7.13. The van der Waals surface area contributed by atoms with Crippen LogP contribution in [0.5, 0.6) is 0 Å². The minimum absolute atomic E-state index is 0.476. The first-order valence-electron chi connectivity index (χ1n) is 6.34. The molecule has 1 aromatic heterocycles. The molecular formula is C15H20N4OS. The summed E-state index contributed by atoms with van der Waals surface area (Å²) in [6, 6.07) is 2.11. The molecule has 0 radical (unpaired) electrons. The van der Waals surface area contributed by atoms with Crippen molar-refractivity contribution in [2.45, 2.75) is 20.5 Å². The van der Waals surface area contributed by atoms with Crippen molar-refractivity contribution in [2.24, 2.45) is 15.2 Å². The van der Waals surface area contributed by atoms with Gasteiger partial charge in [-0.25, -0.2) is 4.99 Å². The van der Waals surface area contributed by atoms with Crippen LogP contribution in [0.25, 0.3) is 5.57 Å². The molecule has 0 aromatic carbocycles. The zero-order valence-corrected chi connectivity index (χ0v) is 13.4. The molecule has 0 atom stereocenters. The minimum atomic E-state index is 0.476. The molecule has 0 spiro atoms. The zero-order valence-electron chi connectivity index (χ0n) is 12.6. The van der Waals surface area contributed by atoms with Gasteiger partial charge in [0.25, 0.3) is 0 Å². The van der Waals surface area contributed by atoms with Crippen molar-refractivity contribution in [3.8, 4) is 0 Å². The molecule has 1 rings (SSSR count). The van der Waals surface area contributed by atoms with E-state index in [1.807, 2.05) is 19.2 Å². The molecule has 0 aliphatic rings. The molecule has 0 fully saturated rings. The van der Waals surface area contributed by atoms with E-state index in [2.05, 4.69) is 53.9 Å². The van der Waals surface area contributed by atoms with Crippen LogP contribution in [0, 0.1) is 6.92 Å². The van der Waals surface area contributed by atoms with E-state index in [-0.39, 0.29) is 0 Å². The van der Waals surface area contributed by atoms with Gasteiger partial charge in [-0.3, -0.25) is 0 Å². The van der Waals surface area contributed by atoms with Crippen LogP contribution in [0.3, 0.4) is 0 Å². The van der Waals surface area contributed by atoms with Gasteiger partial charge in [0.1, 0.15) is 12.4 Å². The molecule has 1 aromatic rings. The highest BCUT2D eigenvalue weighted by atomic mass is 32.1. The fourth-order valence-corrected chi connectivity index (χ4v) is 2.77. The highest BCUT2D eigenvalue weighted by Gasteiger charge is 2.07. The lowest BCUT2D eigenvalue weighted by Gasteiger charge is -2.00. The second-order valence-corrected chi connectivity index (χ2v) is 5.34. The summed E-state index contributed by atoms with van der Waals surface area (Å²) in [6.45, 7) is 11.4. The molecule has 5 nitrogen and oxygen atoms in total. The summed E-state index contributed by atoms with van der Waals surface area (Å²) < 4.78 is 5.26. The summed E-state index contributed by atoms with van der Waals surface area (Å²) in [6.07, 6.45) is 5.22. The Hall–Kier alpha value is -2.21. The predicted molar refractivity (Wildman–Crippen MR) is 92.2 cm³/mol. The number of aliphatic imine (C=N–C) groups is 1. The molecule has 6 heteroatoms. The van der Waals surface area contributed by atoms with E-state index in [0.717, 1.165) is 10.7 Å². The van der Waals surface area contributed by atoms with Gasteiger partial charge in [-0.1, -0.05) is 6.08 Å². The first kappa shape index (κ1) is 16.8. The van der Waals surface area contributed by atoms with Crippen molar-refractivity contribution in [2.75, 3.05) is 7.05 Å². The topological polar surface area (TPSA) is 58.3 Å². The lowest BCUT2D eigenvalue weighted by Crippen LogP contribution is -2.01. The predicted octanol–water partition coefficient (Wildman–Crippen LogP) is 3.38. The molecule has 0 aliphatic carbocycles. The van der Waals surface area contributed by atoms with Crippen LogP contribution in [-0.2, 0) is 11.3 Å². The van der Waals surface area contributed by atoms with Crippen molar-refractivity contribution < 1.29 is 4.74 Å². The van der Waals surface area contributed by atoms with Gasteiger partial charge in [-0.05, 0) is 43.8 Å². The second kappa shape index (κ2) is 8.86. The van der Waals surface area contributed by atoms with Gasteiger partial charge >= 0.3 is 0 Å². The monoisotopic (exact) mass is 304 g/mol. The number of rotatable bonds is 8. The molecular weight excluding hydrogens is 284 g/mol. The zero-order chi connectivity index (χ0) is 15.7. The fourth-order valence-electron chi connectivity index (χ4n) is 1.69. The number of ether oxygens (including phenoxy) is 1. The van der Waals surface area contributed by atoms with E-state index in [9.17, 15) is 0 Å². The molecule has 1 N–H and O–H groups in total. The van der Waals surface area contributed by atoms with Gasteiger partial charge in [0.05, 0.1) is 0 Å². The molecule has 0 saturated carbocycles. The van der Waals surface area contributed by atoms with E-state index in [4.69, 9.17) is 4.74 Å². The van der Waals surface area contributed by atoms with Crippen LogP contribution in [0.15, 0.2) is 39.2 Å². The smallest absolute Gasteiger partial charge is 0.195 e. The Morgan fingerprint density at radius 1 is 1.43 bits per heavy atom. The maximum Gasteiger partial charge on any atom is 0.195 e. The third-order valence-corrected chi connectivity index (χ3v) is 4.02. The molecule has 0 aliphatic heterocycles. The quantitative estimate of drug-likeness (QED) is 0.346. The maximum absolute atomic E-state index is 5.26. The summed E-state index contributed by atoms with van der Waals surface area (Å²) >= 11 is 1.70. The summed E-state index contributed by atoms with van der Waals surface area (Å²) in [7, 11) is 1.81. The molecule has 0 unspecified atom stereocenters. The summed E-state index contributed by atoms with van der Waals surface area (Å²) in [5.74, 6) is 0.736. The molecule has 0 amide bonds. The first-order valence-corrected chi connectivity index (χ1v) is 7.15. The van der Waals surface area contributed by atoms with Gasteiger partial charge in [0.15, 0.2) is 6.40 Å². The number of nitrogens with zero attached hydrogens (tertiary/aromatic N) is 3. The van der Waals surface area contributed by atoms with Gasteiger partial charge in [-0.15, -0.1) is 16.4 Å². The number of hydrogen-bond acceptors (Lipinski definition) is 6. The molecule has 0 saturated heterocycles. The summed E-state index contributed by atoms with van der Waals surface area (Å²) in [4.78, 5) is 6.22. The van der Waals surface area contributed by atoms with E-state index >= 15 is 0 Å². The van der Waals surface area contributed by atoms with Crippen molar-refractivity contribution >= 4 is 36.7 Å². The fraction of sp³-hybridized carbons (Fsp3) is 0.267. The van der Waals surface area contributed by atoms with Gasteiger partial charge in [0.2, 0.25) is 0 Å². The highest BCUT2D eigenvalue weighted by Crippen LogP contribution is 2.29. The Morgan fingerprint density at radius 2 is 2.19 bits per heavy atom. The molecule has 0 bridgehead atoms. The van der Waals surface area contributed by atoms with Gasteiger partial charge in [-0.2, -0.15) is 5.10 Å². The van der Waals surface area contributed by atoms with Crippen LogP contribution >= 0.6 is 11.3 Å². The Labute approximate surface area is 129 Å². The summed E-state index contributed by atoms with van der Waals surface area (Å²) in [5, 5.41) is 9.85. The SMILES string of the molecule is C=N/N=C\OCc1cc(C)c(/C(C)=C/C=C(\N=C)NC)s1. The van der Waals surface area contributed by atoms with Crippen LogP contribution in [0.2, 0.25) is 0 Å². The van der Waals surface area contributed by atoms with Crippen LogP contribution < -0.4 is 5.32 Å². The lowest BCUT2D eigenvalue weighted by atomic mass is 10.1. The van der Waals surface area contributed by atoms with E-state index < -0.39 is 0 Å². The van der Waals surface area contributed by atoms with Crippen LogP contribution in [0.4, 0.5) is 0 Å². The number of nitrogens with one attached hydrogen (secondary N) is 1. The molecule has 21 heavy (non-hydrogen) atoms. The van der Waals surface area contributed by atoms with Gasteiger partial charge < -0.3 is 10.1 Å². The number of aryl methyl sites for hydroxylation is 1. The number of allylic oxidation sites excluding steroid dienone is 3. The number of hydrogen-bond donors (Lipinski definition) is 1.